The zero-order chi connectivity index (χ0) is 32.9. The fraction of sp³-hybridized carbons (Fsp3) is 0.190. The molecule has 0 aliphatic carbocycles. The van der Waals surface area contributed by atoms with Gasteiger partial charge in [-0.25, -0.2) is 4.98 Å². The van der Waals surface area contributed by atoms with Crippen molar-refractivity contribution in [3.8, 4) is 28.6 Å². The number of hydrogen-bond donors (Lipinski definition) is 0. The Morgan fingerprint density at radius 1 is 0.688 bits per heavy atom. The van der Waals surface area contributed by atoms with Crippen molar-refractivity contribution in [3.63, 3.8) is 0 Å². The predicted molar refractivity (Wildman–Crippen MR) is 200 cm³/mol. The van der Waals surface area contributed by atoms with Crippen LogP contribution in [-0.4, -0.2) is 14.5 Å². The van der Waals surface area contributed by atoms with Crippen LogP contribution in [0.3, 0.4) is 0 Å². The van der Waals surface area contributed by atoms with Gasteiger partial charge in [0.2, 0.25) is 0 Å². The molecular weight excluding hydrogens is 611 g/mol. The lowest BCUT2D eigenvalue weighted by molar-refractivity contribution is 0.477. The van der Waals surface area contributed by atoms with Gasteiger partial charge in [-0.2, -0.15) is 0 Å². The molecule has 5 aromatic heterocycles. The number of furan rings is 1. The molecule has 0 saturated carbocycles. The molecule has 0 aliphatic rings. The summed E-state index contributed by atoms with van der Waals surface area (Å²) >= 11 is 1.79. The summed E-state index contributed by atoms with van der Waals surface area (Å²) in [5.41, 5.74) is 8.21. The fourth-order valence-electron chi connectivity index (χ4n) is 6.91. The van der Waals surface area contributed by atoms with Crippen LogP contribution in [0.5, 0.6) is 11.5 Å². The first-order valence-electron chi connectivity index (χ1n) is 16.4. The summed E-state index contributed by atoms with van der Waals surface area (Å²) in [5.74, 6) is 2.28. The third-order valence-electron chi connectivity index (χ3n) is 9.48. The normalized spacial score (nSPS) is 12.8. The number of thiophene rings is 1. The summed E-state index contributed by atoms with van der Waals surface area (Å²) < 4.78 is 18.0. The number of para-hydroxylation sites is 1. The number of aromatic nitrogens is 3. The van der Waals surface area contributed by atoms with Crippen LogP contribution in [-0.2, 0) is 10.8 Å². The summed E-state index contributed by atoms with van der Waals surface area (Å²) in [6.45, 7) is 13.4. The van der Waals surface area contributed by atoms with Crippen LogP contribution < -0.4 is 4.74 Å². The largest absolute Gasteiger partial charge is 0.453 e. The molecule has 5 nitrogen and oxygen atoms in total. The van der Waals surface area contributed by atoms with Gasteiger partial charge in [0.25, 0.3) is 0 Å². The highest BCUT2D eigenvalue weighted by Gasteiger charge is 2.25. The number of benzene rings is 4. The Balaban J connectivity index is 1.26. The number of pyridine rings is 2. The topological polar surface area (TPSA) is 53.1 Å². The lowest BCUT2D eigenvalue weighted by atomic mass is 9.87. The van der Waals surface area contributed by atoms with Gasteiger partial charge in [-0.05, 0) is 82.6 Å². The molecule has 0 aliphatic heterocycles. The number of hydrogen-bond acceptors (Lipinski definition) is 5. The van der Waals surface area contributed by atoms with Crippen molar-refractivity contribution in [3.05, 3.63) is 115 Å². The van der Waals surface area contributed by atoms with Crippen molar-refractivity contribution in [2.24, 2.45) is 0 Å². The van der Waals surface area contributed by atoms with Crippen LogP contribution in [0.15, 0.2) is 108 Å². The van der Waals surface area contributed by atoms with E-state index in [0.717, 1.165) is 65.9 Å². The van der Waals surface area contributed by atoms with E-state index in [2.05, 4.69) is 131 Å². The first-order valence-corrected chi connectivity index (χ1v) is 17.2. The van der Waals surface area contributed by atoms with Gasteiger partial charge in [-0.3, -0.25) is 9.55 Å². The first kappa shape index (κ1) is 29.0. The van der Waals surface area contributed by atoms with Gasteiger partial charge in [-0.1, -0.05) is 65.8 Å². The maximum absolute atomic E-state index is 6.87. The minimum atomic E-state index is -0.00436. The Kier molecular flexibility index (Phi) is 6.13. The molecule has 9 rings (SSSR count). The number of rotatable bonds is 4. The van der Waals surface area contributed by atoms with Gasteiger partial charge in [0.05, 0.1) is 22.1 Å². The molecule has 0 amide bonds. The van der Waals surface area contributed by atoms with E-state index >= 15 is 0 Å². The molecule has 0 N–H and O–H groups in total. The Morgan fingerprint density at radius 2 is 1.44 bits per heavy atom. The SMILES string of the molecule is CC(C)(C)c1ccnc(-c2cc(Oc3ccc4c5ccccc5n(-c5cc(C(C)(C)C)ccn5)c4c3)c3oc4cccc5sc2c3c45)c1. The van der Waals surface area contributed by atoms with Gasteiger partial charge in [-0.15, -0.1) is 11.3 Å². The smallest absolute Gasteiger partial charge is 0.179 e. The van der Waals surface area contributed by atoms with Crippen molar-refractivity contribution in [1.82, 2.24) is 14.5 Å². The predicted octanol–water partition coefficient (Wildman–Crippen LogP) is 12.2. The van der Waals surface area contributed by atoms with Gasteiger partial charge >= 0.3 is 0 Å². The number of nitrogens with zero attached hydrogens (tertiary/aromatic N) is 3. The highest BCUT2D eigenvalue weighted by Crippen LogP contribution is 2.50. The summed E-state index contributed by atoms with van der Waals surface area (Å²) in [4.78, 5) is 9.73. The zero-order valence-corrected chi connectivity index (χ0v) is 28.7. The summed E-state index contributed by atoms with van der Waals surface area (Å²) in [5, 5.41) is 4.56. The second-order valence-corrected chi connectivity index (χ2v) is 15.8. The molecule has 0 fully saturated rings. The summed E-state index contributed by atoms with van der Waals surface area (Å²) in [6, 6.07) is 31.9. The Morgan fingerprint density at radius 3 is 2.25 bits per heavy atom. The molecule has 6 heteroatoms. The van der Waals surface area contributed by atoms with Crippen molar-refractivity contribution >= 4 is 64.5 Å². The quantitative estimate of drug-likeness (QED) is 0.191. The maximum atomic E-state index is 6.87. The minimum absolute atomic E-state index is 0.00431. The van der Waals surface area contributed by atoms with Gasteiger partial charge in [0, 0.05) is 49.6 Å². The van der Waals surface area contributed by atoms with Crippen LogP contribution in [0.25, 0.3) is 70.2 Å². The Hall–Kier alpha value is -5.20. The second-order valence-electron chi connectivity index (χ2n) is 14.8. The number of fused-ring (bicyclic) bond motifs is 3. The molecule has 4 aromatic carbocycles. The van der Waals surface area contributed by atoms with Crippen LogP contribution in [0.1, 0.15) is 52.7 Å². The molecule has 0 atom stereocenters. The zero-order valence-electron chi connectivity index (χ0n) is 27.9. The molecule has 0 radical (unpaired) electrons. The van der Waals surface area contributed by atoms with Gasteiger partial charge in [0.15, 0.2) is 11.3 Å². The monoisotopic (exact) mass is 645 g/mol. The van der Waals surface area contributed by atoms with E-state index in [1.165, 1.54) is 21.2 Å². The highest BCUT2D eigenvalue weighted by molar-refractivity contribution is 7.26. The molecule has 0 saturated heterocycles. The van der Waals surface area contributed by atoms with Crippen LogP contribution >= 0.6 is 11.3 Å². The average Bonchev–Trinajstić information content (AvgIpc) is 3.75. The molecule has 48 heavy (non-hydrogen) atoms. The molecule has 5 heterocycles. The Bertz CT molecular complexity index is 2680. The summed E-state index contributed by atoms with van der Waals surface area (Å²) in [6.07, 6.45) is 3.83. The first-order chi connectivity index (χ1) is 23.0. The van der Waals surface area contributed by atoms with Crippen LogP contribution in [0.2, 0.25) is 0 Å². The Labute approximate surface area is 282 Å². The van der Waals surface area contributed by atoms with Crippen molar-refractivity contribution in [2.75, 3.05) is 0 Å². The lowest BCUT2D eigenvalue weighted by Crippen LogP contribution is -2.12. The van der Waals surface area contributed by atoms with Crippen LogP contribution in [0, 0.1) is 0 Å². The van der Waals surface area contributed by atoms with E-state index in [1.807, 2.05) is 18.5 Å². The second kappa shape index (κ2) is 10.1. The summed E-state index contributed by atoms with van der Waals surface area (Å²) in [7, 11) is 0. The third-order valence-corrected chi connectivity index (χ3v) is 10.7. The van der Waals surface area contributed by atoms with Crippen molar-refractivity contribution < 1.29 is 9.15 Å². The van der Waals surface area contributed by atoms with E-state index in [1.54, 1.807) is 11.3 Å². The highest BCUT2D eigenvalue weighted by atomic mass is 32.1. The lowest BCUT2D eigenvalue weighted by Gasteiger charge is -2.20. The molecule has 0 unspecified atom stereocenters. The third kappa shape index (κ3) is 4.43. The van der Waals surface area contributed by atoms with E-state index in [0.29, 0.717) is 5.75 Å². The van der Waals surface area contributed by atoms with E-state index in [4.69, 9.17) is 19.1 Å². The van der Waals surface area contributed by atoms with E-state index in [9.17, 15) is 0 Å². The standard InChI is InChI=1S/C42H35N3O2S/c1-41(2,3)24-16-18-43-30(20-24)29-23-34(39-38-37-33(47-39)12-9-13-35(37)48-40(29)38)46-26-14-15-28-27-10-7-8-11-31(27)45(32(28)22-26)36-21-25(17-19-44-36)42(4,5)6/h7-23H,1-6H3. The molecule has 0 spiro atoms. The maximum Gasteiger partial charge on any atom is 0.179 e. The molecule has 9 aromatic rings. The van der Waals surface area contributed by atoms with Gasteiger partial charge in [0.1, 0.15) is 17.2 Å². The van der Waals surface area contributed by atoms with Crippen molar-refractivity contribution in [1.29, 1.82) is 0 Å². The molecule has 236 valence electrons. The van der Waals surface area contributed by atoms with Gasteiger partial charge < -0.3 is 9.15 Å². The number of ether oxygens (including phenoxy) is 1. The fourth-order valence-corrected chi connectivity index (χ4v) is 8.15. The molecular formula is C42H35N3O2S. The van der Waals surface area contributed by atoms with E-state index in [-0.39, 0.29) is 10.8 Å². The average molecular weight is 646 g/mol. The minimum Gasteiger partial charge on any atom is -0.453 e. The molecule has 0 bridgehead atoms. The van der Waals surface area contributed by atoms with E-state index < -0.39 is 0 Å². The van der Waals surface area contributed by atoms with Crippen molar-refractivity contribution in [2.45, 2.75) is 52.4 Å². The van der Waals surface area contributed by atoms with Crippen LogP contribution in [0.4, 0.5) is 0 Å².